The number of hydrogen-bond acceptors (Lipinski definition) is 1. The van der Waals surface area contributed by atoms with Gasteiger partial charge in [0.25, 0.3) is 0 Å². The minimum atomic E-state index is -0.341. The van der Waals surface area contributed by atoms with Crippen LogP contribution in [0.2, 0.25) is 0 Å². The van der Waals surface area contributed by atoms with Crippen LogP contribution in [0, 0.1) is 11.3 Å². The molecule has 1 amide bonds. The van der Waals surface area contributed by atoms with E-state index in [9.17, 15) is 4.79 Å². The summed E-state index contributed by atoms with van der Waals surface area (Å²) < 4.78 is 0. The highest BCUT2D eigenvalue weighted by atomic mass is 16.2. The minimum Gasteiger partial charge on any atom is -0.349 e. The fourth-order valence-electron chi connectivity index (χ4n) is 1.91. The molecule has 0 aromatic heterocycles. The van der Waals surface area contributed by atoms with Gasteiger partial charge in [0.05, 0.1) is 6.04 Å². The lowest BCUT2D eigenvalue weighted by Crippen LogP contribution is -2.36. The molecule has 0 radical (unpaired) electrons. The third-order valence-electron chi connectivity index (χ3n) is 3.15. The molecule has 1 aromatic rings. The van der Waals surface area contributed by atoms with E-state index < -0.39 is 0 Å². The maximum absolute atomic E-state index is 11.9. The highest BCUT2D eigenvalue weighted by Crippen LogP contribution is 2.19. The zero-order chi connectivity index (χ0) is 14.6. The lowest BCUT2D eigenvalue weighted by molar-refractivity contribution is -0.129. The van der Waals surface area contributed by atoms with E-state index in [1.807, 2.05) is 27.7 Å². The van der Waals surface area contributed by atoms with Crippen LogP contribution in [-0.2, 0) is 11.2 Å². The van der Waals surface area contributed by atoms with Gasteiger partial charge in [-0.15, -0.1) is 0 Å². The number of benzene rings is 1. The molecule has 0 saturated heterocycles. The highest BCUT2D eigenvalue weighted by Gasteiger charge is 2.22. The van der Waals surface area contributed by atoms with E-state index in [0.717, 1.165) is 12.0 Å². The highest BCUT2D eigenvalue weighted by molar-refractivity contribution is 5.81. The Morgan fingerprint density at radius 3 is 2.05 bits per heavy atom. The summed E-state index contributed by atoms with van der Waals surface area (Å²) in [6.45, 7) is 12.3. The van der Waals surface area contributed by atoms with Gasteiger partial charge in [-0.05, 0) is 30.4 Å². The number of hydrogen-bond donors (Lipinski definition) is 1. The van der Waals surface area contributed by atoms with Gasteiger partial charge in [-0.2, -0.15) is 0 Å². The molecular weight excluding hydrogens is 234 g/mol. The summed E-state index contributed by atoms with van der Waals surface area (Å²) in [5, 5.41) is 3.06. The first kappa shape index (κ1) is 15.7. The van der Waals surface area contributed by atoms with Gasteiger partial charge in [0.2, 0.25) is 5.91 Å². The lowest BCUT2D eigenvalue weighted by Gasteiger charge is -2.22. The Balaban J connectivity index is 2.68. The summed E-state index contributed by atoms with van der Waals surface area (Å²) in [7, 11) is 0. The molecule has 0 unspecified atom stereocenters. The second-order valence-electron chi connectivity index (χ2n) is 6.78. The molecular formula is C17H27NO. The zero-order valence-electron chi connectivity index (χ0n) is 13.1. The van der Waals surface area contributed by atoms with Crippen LogP contribution in [0.4, 0.5) is 0 Å². The molecule has 0 aliphatic heterocycles. The first-order valence-corrected chi connectivity index (χ1v) is 7.10. The van der Waals surface area contributed by atoms with Crippen LogP contribution < -0.4 is 5.32 Å². The van der Waals surface area contributed by atoms with Gasteiger partial charge >= 0.3 is 0 Å². The number of rotatable bonds is 4. The van der Waals surface area contributed by atoms with Crippen LogP contribution in [0.15, 0.2) is 24.3 Å². The van der Waals surface area contributed by atoms with Crippen molar-refractivity contribution in [1.29, 1.82) is 0 Å². The molecule has 2 heteroatoms. The minimum absolute atomic E-state index is 0.0554. The van der Waals surface area contributed by atoms with Crippen LogP contribution in [0.3, 0.4) is 0 Å². The first-order chi connectivity index (χ1) is 8.70. The Bertz CT molecular complexity index is 412. The molecule has 1 N–H and O–H groups in total. The van der Waals surface area contributed by atoms with Crippen molar-refractivity contribution in [2.75, 3.05) is 0 Å². The first-order valence-electron chi connectivity index (χ1n) is 7.10. The molecule has 1 rings (SSSR count). The Kier molecular flexibility index (Phi) is 5.16. The number of carbonyl (C=O) groups excluding carboxylic acids is 1. The molecule has 0 spiro atoms. The molecule has 0 aliphatic rings. The van der Waals surface area contributed by atoms with E-state index >= 15 is 0 Å². The molecule has 1 atom stereocenters. The van der Waals surface area contributed by atoms with E-state index in [1.54, 1.807) is 0 Å². The molecule has 0 aliphatic carbocycles. The second-order valence-corrected chi connectivity index (χ2v) is 6.78. The smallest absolute Gasteiger partial charge is 0.225 e. The van der Waals surface area contributed by atoms with Gasteiger partial charge in [-0.3, -0.25) is 4.79 Å². The van der Waals surface area contributed by atoms with Crippen molar-refractivity contribution in [3.63, 3.8) is 0 Å². The number of nitrogens with one attached hydrogen (secondary N) is 1. The van der Waals surface area contributed by atoms with Crippen molar-refractivity contribution in [3.8, 4) is 0 Å². The van der Waals surface area contributed by atoms with Crippen LogP contribution in [-0.4, -0.2) is 5.91 Å². The molecule has 0 saturated carbocycles. The second kappa shape index (κ2) is 6.23. The predicted molar refractivity (Wildman–Crippen MR) is 81.0 cm³/mol. The van der Waals surface area contributed by atoms with E-state index in [2.05, 4.69) is 43.4 Å². The van der Waals surface area contributed by atoms with Crippen molar-refractivity contribution < 1.29 is 4.79 Å². The average Bonchev–Trinajstić information content (AvgIpc) is 2.27. The van der Waals surface area contributed by atoms with Gasteiger partial charge in [0.1, 0.15) is 0 Å². The SMILES string of the molecule is CC(C)Cc1ccc([C@@H](C)NC(=O)C(C)(C)C)cc1. The van der Waals surface area contributed by atoms with Crippen molar-refractivity contribution in [1.82, 2.24) is 5.32 Å². The van der Waals surface area contributed by atoms with Gasteiger partial charge in [0, 0.05) is 5.41 Å². The van der Waals surface area contributed by atoms with E-state index in [1.165, 1.54) is 5.56 Å². The normalized spacial score (nSPS) is 13.4. The van der Waals surface area contributed by atoms with E-state index in [4.69, 9.17) is 0 Å². The van der Waals surface area contributed by atoms with Gasteiger partial charge in [-0.25, -0.2) is 0 Å². The molecule has 19 heavy (non-hydrogen) atoms. The van der Waals surface area contributed by atoms with Crippen molar-refractivity contribution in [2.45, 2.75) is 54.0 Å². The molecule has 1 aromatic carbocycles. The van der Waals surface area contributed by atoms with E-state index in [0.29, 0.717) is 5.92 Å². The fourth-order valence-corrected chi connectivity index (χ4v) is 1.91. The van der Waals surface area contributed by atoms with Gasteiger partial charge in [0.15, 0.2) is 0 Å². The Hall–Kier alpha value is -1.31. The maximum atomic E-state index is 11.9. The molecule has 0 fully saturated rings. The Morgan fingerprint density at radius 1 is 1.11 bits per heavy atom. The summed E-state index contributed by atoms with van der Waals surface area (Å²) in [5.41, 5.74) is 2.17. The van der Waals surface area contributed by atoms with Gasteiger partial charge < -0.3 is 5.32 Å². The summed E-state index contributed by atoms with van der Waals surface area (Å²) in [6, 6.07) is 8.61. The van der Waals surface area contributed by atoms with Crippen LogP contribution in [0.5, 0.6) is 0 Å². The standard InChI is InChI=1S/C17H27NO/c1-12(2)11-14-7-9-15(10-8-14)13(3)18-16(19)17(4,5)6/h7-10,12-13H,11H2,1-6H3,(H,18,19)/t13-/m1/s1. The summed E-state index contributed by atoms with van der Waals surface area (Å²) >= 11 is 0. The predicted octanol–water partition coefficient (Wildman–Crippen LogP) is 4.11. The Labute approximate surface area is 117 Å². The topological polar surface area (TPSA) is 29.1 Å². The van der Waals surface area contributed by atoms with Crippen LogP contribution in [0.25, 0.3) is 0 Å². The third-order valence-corrected chi connectivity index (χ3v) is 3.15. The lowest BCUT2D eigenvalue weighted by atomic mass is 9.94. The molecule has 106 valence electrons. The maximum Gasteiger partial charge on any atom is 0.225 e. The van der Waals surface area contributed by atoms with Gasteiger partial charge in [-0.1, -0.05) is 58.9 Å². The molecule has 0 heterocycles. The van der Waals surface area contributed by atoms with Crippen molar-refractivity contribution in [3.05, 3.63) is 35.4 Å². The largest absolute Gasteiger partial charge is 0.349 e. The summed E-state index contributed by atoms with van der Waals surface area (Å²) in [4.78, 5) is 11.9. The summed E-state index contributed by atoms with van der Waals surface area (Å²) in [6.07, 6.45) is 1.10. The Morgan fingerprint density at radius 2 is 1.63 bits per heavy atom. The number of carbonyl (C=O) groups is 1. The molecule has 0 bridgehead atoms. The molecule has 2 nitrogen and oxygen atoms in total. The third kappa shape index (κ3) is 5.06. The van der Waals surface area contributed by atoms with Crippen LogP contribution >= 0.6 is 0 Å². The van der Waals surface area contributed by atoms with Crippen molar-refractivity contribution >= 4 is 5.91 Å². The monoisotopic (exact) mass is 261 g/mol. The van der Waals surface area contributed by atoms with Crippen molar-refractivity contribution in [2.24, 2.45) is 11.3 Å². The quantitative estimate of drug-likeness (QED) is 0.868. The summed E-state index contributed by atoms with van der Waals surface area (Å²) in [5.74, 6) is 0.759. The van der Waals surface area contributed by atoms with E-state index in [-0.39, 0.29) is 17.4 Å². The zero-order valence-corrected chi connectivity index (χ0v) is 13.1. The fraction of sp³-hybridized carbons (Fsp3) is 0.588. The van der Waals surface area contributed by atoms with Crippen LogP contribution in [0.1, 0.15) is 58.7 Å². The number of amides is 1. The average molecular weight is 261 g/mol.